The zero-order valence-electron chi connectivity index (χ0n) is 9.10. The van der Waals surface area contributed by atoms with Crippen LogP contribution in [0.1, 0.15) is 20.3 Å². The van der Waals surface area contributed by atoms with E-state index in [2.05, 4.69) is 0 Å². The van der Waals surface area contributed by atoms with Crippen LogP contribution in [0.4, 0.5) is 0 Å². The van der Waals surface area contributed by atoms with Gasteiger partial charge in [-0.15, -0.1) is 0 Å². The van der Waals surface area contributed by atoms with E-state index in [1.165, 1.54) is 0 Å². The Balaban J connectivity index is 2.19. The molecule has 3 nitrogen and oxygen atoms in total. The minimum absolute atomic E-state index is 0.0609. The van der Waals surface area contributed by atoms with E-state index < -0.39 is 0 Å². The maximum atomic E-state index is 11.1. The predicted octanol–water partition coefficient (Wildman–Crippen LogP) is 2.41. The summed E-state index contributed by atoms with van der Waals surface area (Å²) in [7, 11) is 0. The molecule has 1 rings (SSSR count). The van der Waals surface area contributed by atoms with E-state index in [0.717, 1.165) is 5.75 Å². The summed E-state index contributed by atoms with van der Waals surface area (Å²) in [5, 5.41) is 0. The Morgan fingerprint density at radius 2 is 1.93 bits per heavy atom. The van der Waals surface area contributed by atoms with Crippen molar-refractivity contribution in [3.05, 3.63) is 30.3 Å². The fourth-order valence-corrected chi connectivity index (χ4v) is 1.09. The molecule has 0 aliphatic heterocycles. The maximum absolute atomic E-state index is 11.1. The topological polar surface area (TPSA) is 35.5 Å². The van der Waals surface area contributed by atoms with Gasteiger partial charge in [-0.25, -0.2) is 0 Å². The number of esters is 1. The van der Waals surface area contributed by atoms with Crippen LogP contribution in [0, 0.1) is 0 Å². The van der Waals surface area contributed by atoms with Crippen LogP contribution in [0.5, 0.6) is 5.75 Å². The Morgan fingerprint density at radius 3 is 2.53 bits per heavy atom. The molecular weight excluding hydrogens is 192 g/mol. The Labute approximate surface area is 90.0 Å². The minimum Gasteiger partial charge on any atom is -0.493 e. The summed E-state index contributed by atoms with van der Waals surface area (Å²) in [5.41, 5.74) is 0. The molecule has 0 aliphatic rings. The van der Waals surface area contributed by atoms with Crippen LogP contribution in [-0.2, 0) is 9.53 Å². The van der Waals surface area contributed by atoms with Crippen molar-refractivity contribution in [2.24, 2.45) is 0 Å². The lowest BCUT2D eigenvalue weighted by Crippen LogP contribution is -2.14. The molecule has 1 aromatic carbocycles. The minimum atomic E-state index is -0.221. The van der Waals surface area contributed by atoms with Crippen LogP contribution in [0.3, 0.4) is 0 Å². The van der Waals surface area contributed by atoms with Gasteiger partial charge in [-0.1, -0.05) is 18.2 Å². The number of hydrogen-bond acceptors (Lipinski definition) is 3. The van der Waals surface area contributed by atoms with E-state index in [-0.39, 0.29) is 18.5 Å². The molecule has 0 aromatic heterocycles. The quantitative estimate of drug-likeness (QED) is 0.697. The highest BCUT2D eigenvalue weighted by molar-refractivity contribution is 5.69. The summed E-state index contributed by atoms with van der Waals surface area (Å²) in [6.45, 7) is 4.02. The monoisotopic (exact) mass is 208 g/mol. The lowest BCUT2D eigenvalue weighted by molar-refractivity contribution is -0.147. The second kappa shape index (κ2) is 6.06. The van der Waals surface area contributed by atoms with Crippen molar-refractivity contribution in [2.45, 2.75) is 26.4 Å². The van der Waals surface area contributed by atoms with E-state index in [1.54, 1.807) is 0 Å². The molecule has 1 aromatic rings. The molecule has 0 bridgehead atoms. The third kappa shape index (κ3) is 5.05. The molecule has 3 heteroatoms. The molecule has 0 saturated carbocycles. The van der Waals surface area contributed by atoms with Crippen LogP contribution >= 0.6 is 0 Å². The van der Waals surface area contributed by atoms with Gasteiger partial charge in [-0.05, 0) is 26.0 Å². The van der Waals surface area contributed by atoms with E-state index in [4.69, 9.17) is 9.47 Å². The molecule has 82 valence electrons. The second-order valence-corrected chi connectivity index (χ2v) is 3.45. The first-order valence-electron chi connectivity index (χ1n) is 5.06. The van der Waals surface area contributed by atoms with Crippen LogP contribution in [0.25, 0.3) is 0 Å². The van der Waals surface area contributed by atoms with Gasteiger partial charge >= 0.3 is 5.97 Å². The smallest absolute Gasteiger partial charge is 0.309 e. The number of hydrogen-bond donors (Lipinski definition) is 0. The SMILES string of the molecule is CC(C)OC(=O)CCOc1ccccc1. The third-order valence-electron chi connectivity index (χ3n) is 1.69. The molecule has 0 atom stereocenters. The van der Waals surface area contributed by atoms with Crippen LogP contribution < -0.4 is 4.74 Å². The van der Waals surface area contributed by atoms with Gasteiger partial charge in [0.05, 0.1) is 19.1 Å². The molecule has 0 N–H and O–H groups in total. The number of rotatable bonds is 5. The van der Waals surface area contributed by atoms with Gasteiger partial charge in [0.25, 0.3) is 0 Å². The molecule has 15 heavy (non-hydrogen) atoms. The Bertz CT molecular complexity index is 293. The van der Waals surface area contributed by atoms with Gasteiger partial charge in [0.15, 0.2) is 0 Å². The second-order valence-electron chi connectivity index (χ2n) is 3.45. The van der Waals surface area contributed by atoms with Gasteiger partial charge in [-0.2, -0.15) is 0 Å². The first-order chi connectivity index (χ1) is 7.18. The number of carbonyl (C=O) groups excluding carboxylic acids is 1. The van der Waals surface area contributed by atoms with Gasteiger partial charge in [0, 0.05) is 0 Å². The van der Waals surface area contributed by atoms with Crippen LogP contribution in [0.15, 0.2) is 30.3 Å². The van der Waals surface area contributed by atoms with Gasteiger partial charge < -0.3 is 9.47 Å². The lowest BCUT2D eigenvalue weighted by Gasteiger charge is -2.08. The summed E-state index contributed by atoms with van der Waals surface area (Å²) < 4.78 is 10.3. The Morgan fingerprint density at radius 1 is 1.27 bits per heavy atom. The highest BCUT2D eigenvalue weighted by Crippen LogP contribution is 2.08. The molecule has 0 aliphatic carbocycles. The van der Waals surface area contributed by atoms with Crippen LogP contribution in [-0.4, -0.2) is 18.7 Å². The molecule has 0 unspecified atom stereocenters. The number of benzene rings is 1. The molecule has 0 amide bonds. The fraction of sp³-hybridized carbons (Fsp3) is 0.417. The first kappa shape index (κ1) is 11.6. The van der Waals surface area contributed by atoms with Gasteiger partial charge in [0.1, 0.15) is 5.75 Å². The van der Waals surface area contributed by atoms with Crippen molar-refractivity contribution in [1.82, 2.24) is 0 Å². The normalized spacial score (nSPS) is 10.1. The molecule has 0 spiro atoms. The zero-order valence-corrected chi connectivity index (χ0v) is 9.10. The van der Waals surface area contributed by atoms with Crippen molar-refractivity contribution < 1.29 is 14.3 Å². The molecule has 0 heterocycles. The molecule has 0 radical (unpaired) electrons. The van der Waals surface area contributed by atoms with Crippen molar-refractivity contribution in [2.75, 3.05) is 6.61 Å². The Kier molecular flexibility index (Phi) is 4.68. The molecule has 0 saturated heterocycles. The molecule has 0 fully saturated rings. The standard InChI is InChI=1S/C12H16O3/c1-10(2)15-12(13)8-9-14-11-6-4-3-5-7-11/h3-7,10H,8-9H2,1-2H3. The summed E-state index contributed by atoms with van der Waals surface area (Å²) >= 11 is 0. The number of para-hydroxylation sites is 1. The average molecular weight is 208 g/mol. The third-order valence-corrected chi connectivity index (χ3v) is 1.69. The van der Waals surface area contributed by atoms with Crippen molar-refractivity contribution >= 4 is 5.97 Å². The Hall–Kier alpha value is -1.51. The van der Waals surface area contributed by atoms with Crippen molar-refractivity contribution in [3.8, 4) is 5.75 Å². The summed E-state index contributed by atoms with van der Waals surface area (Å²) in [5.74, 6) is 0.552. The molecular formula is C12H16O3. The van der Waals surface area contributed by atoms with Gasteiger partial charge in [0.2, 0.25) is 0 Å². The van der Waals surface area contributed by atoms with E-state index in [0.29, 0.717) is 6.61 Å². The maximum Gasteiger partial charge on any atom is 0.309 e. The fourth-order valence-electron chi connectivity index (χ4n) is 1.09. The summed E-state index contributed by atoms with van der Waals surface area (Å²) in [4.78, 5) is 11.1. The van der Waals surface area contributed by atoms with E-state index in [1.807, 2.05) is 44.2 Å². The average Bonchev–Trinajstić information content (AvgIpc) is 2.18. The largest absolute Gasteiger partial charge is 0.493 e. The lowest BCUT2D eigenvalue weighted by atomic mass is 10.3. The zero-order chi connectivity index (χ0) is 11.1. The van der Waals surface area contributed by atoms with E-state index >= 15 is 0 Å². The number of carbonyl (C=O) groups is 1. The highest BCUT2D eigenvalue weighted by Gasteiger charge is 2.05. The van der Waals surface area contributed by atoms with Crippen LogP contribution in [0.2, 0.25) is 0 Å². The predicted molar refractivity (Wildman–Crippen MR) is 57.8 cm³/mol. The summed E-state index contributed by atoms with van der Waals surface area (Å²) in [6, 6.07) is 9.41. The number of ether oxygens (including phenoxy) is 2. The van der Waals surface area contributed by atoms with E-state index in [9.17, 15) is 4.79 Å². The highest BCUT2D eigenvalue weighted by atomic mass is 16.5. The van der Waals surface area contributed by atoms with Crippen molar-refractivity contribution in [3.63, 3.8) is 0 Å². The van der Waals surface area contributed by atoms with Crippen molar-refractivity contribution in [1.29, 1.82) is 0 Å². The first-order valence-corrected chi connectivity index (χ1v) is 5.06. The van der Waals surface area contributed by atoms with Gasteiger partial charge in [-0.3, -0.25) is 4.79 Å². The summed E-state index contributed by atoms with van der Waals surface area (Å²) in [6.07, 6.45) is 0.224.